The first-order valence-corrected chi connectivity index (χ1v) is 17.5. The fourth-order valence-corrected chi connectivity index (χ4v) is 6.88. The van der Waals surface area contributed by atoms with E-state index in [0.29, 0.717) is 29.1 Å². The number of benzene rings is 2. The Bertz CT molecular complexity index is 1470. The Hall–Kier alpha value is -3.72. The fraction of sp³-hybridized carbons (Fsp3) is 0.424. The summed E-state index contributed by atoms with van der Waals surface area (Å²) in [6.07, 6.45) is 5.24. The molecule has 3 N–H and O–H groups in total. The van der Waals surface area contributed by atoms with Crippen LogP contribution in [0.3, 0.4) is 0 Å². The number of carbonyl (C=O) groups excluding carboxylic acids is 1. The Morgan fingerprint density at radius 2 is 1.75 bits per heavy atom. The molecule has 0 unspecified atom stereocenters. The molecule has 234 valence electrons. The third kappa shape index (κ3) is 7.49. The molecule has 5 rings (SSSR count). The van der Waals surface area contributed by atoms with Crippen molar-refractivity contribution in [2.24, 2.45) is 0 Å². The molecule has 10 nitrogen and oxygen atoms in total. The third-order valence-electron chi connectivity index (χ3n) is 8.48. The van der Waals surface area contributed by atoms with E-state index < -0.39 is 0 Å². The number of nitrogens with zero attached hydrogens (tertiary/aromatic N) is 5. The van der Waals surface area contributed by atoms with E-state index in [1.165, 1.54) is 11.4 Å². The molecule has 11 heteroatoms. The number of likely N-dealkylation sites (N-methyl/N-ethyl adjacent to an activating group) is 1. The lowest BCUT2D eigenvalue weighted by atomic mass is 10.0. The summed E-state index contributed by atoms with van der Waals surface area (Å²) in [5, 5.41) is 11.2. The Kier molecular flexibility index (Phi) is 10.4. The normalized spacial score (nSPS) is 16.5. The van der Waals surface area contributed by atoms with Crippen molar-refractivity contribution >= 4 is 53.6 Å². The smallest absolute Gasteiger partial charge is 0.247 e. The van der Waals surface area contributed by atoms with E-state index in [1.807, 2.05) is 25.1 Å². The maximum Gasteiger partial charge on any atom is 0.247 e. The van der Waals surface area contributed by atoms with Gasteiger partial charge in [-0.25, -0.2) is 4.98 Å². The van der Waals surface area contributed by atoms with Crippen LogP contribution in [0, 0.1) is 6.92 Å². The number of rotatable bonds is 10. The number of hydrogen-bond acceptors (Lipinski definition) is 9. The number of hydrogen-bond donors (Lipinski definition) is 3. The number of para-hydroxylation sites is 1. The maximum absolute atomic E-state index is 12.5. The number of nitrogens with one attached hydrogen (secondary N) is 3. The monoisotopic (exact) mass is 616 g/mol. The molecule has 44 heavy (non-hydrogen) atoms. The second kappa shape index (κ2) is 14.4. The average molecular weight is 617 g/mol. The van der Waals surface area contributed by atoms with Gasteiger partial charge in [-0.15, -0.1) is 0 Å². The Morgan fingerprint density at radius 3 is 2.43 bits per heavy atom. The lowest BCUT2D eigenvalue weighted by molar-refractivity contribution is -0.111. The van der Waals surface area contributed by atoms with Gasteiger partial charge in [0.05, 0.1) is 24.2 Å². The number of aromatic nitrogens is 2. The van der Waals surface area contributed by atoms with Gasteiger partial charge < -0.3 is 30.5 Å². The van der Waals surface area contributed by atoms with E-state index in [9.17, 15) is 4.79 Å². The van der Waals surface area contributed by atoms with Gasteiger partial charge in [0.15, 0.2) is 0 Å². The summed E-state index contributed by atoms with van der Waals surface area (Å²) >= 11 is 0. The van der Waals surface area contributed by atoms with Crippen LogP contribution in [0.15, 0.2) is 55.3 Å². The number of carbonyl (C=O) groups is 1. The summed E-state index contributed by atoms with van der Waals surface area (Å²) in [7, 11) is 3.55. The summed E-state index contributed by atoms with van der Waals surface area (Å²) in [6, 6.07) is 12.8. The van der Waals surface area contributed by atoms with Gasteiger partial charge in [-0.1, -0.05) is 32.7 Å². The highest BCUT2D eigenvalue weighted by atomic mass is 31.1. The first-order valence-electron chi connectivity index (χ1n) is 15.2. The molecule has 2 aliphatic rings. The predicted octanol–water partition coefficient (Wildman–Crippen LogP) is 4.99. The molecule has 0 saturated carbocycles. The number of piperazine rings is 1. The van der Waals surface area contributed by atoms with E-state index in [4.69, 9.17) is 9.72 Å². The zero-order chi connectivity index (χ0) is 31.2. The van der Waals surface area contributed by atoms with Crippen LogP contribution >= 0.6 is 7.92 Å². The van der Waals surface area contributed by atoms with E-state index in [0.717, 1.165) is 74.9 Å². The molecule has 0 spiro atoms. The van der Waals surface area contributed by atoms with Crippen LogP contribution < -0.4 is 30.9 Å². The molecule has 2 saturated heterocycles. The van der Waals surface area contributed by atoms with Gasteiger partial charge in [0.2, 0.25) is 11.9 Å². The van der Waals surface area contributed by atoms with Crippen molar-refractivity contribution in [3.05, 3.63) is 60.8 Å². The van der Waals surface area contributed by atoms with Gasteiger partial charge in [0.1, 0.15) is 11.6 Å². The molecule has 2 fully saturated rings. The minimum absolute atomic E-state index is 0.266. The molecule has 2 aromatic carbocycles. The molecular weight excluding hydrogens is 571 g/mol. The van der Waals surface area contributed by atoms with Crippen LogP contribution in [0.1, 0.15) is 18.4 Å². The van der Waals surface area contributed by atoms with Crippen molar-refractivity contribution < 1.29 is 9.53 Å². The average Bonchev–Trinajstić information content (AvgIpc) is 3.03. The molecule has 0 atom stereocenters. The molecule has 0 radical (unpaired) electrons. The first kappa shape index (κ1) is 31.7. The van der Waals surface area contributed by atoms with Crippen molar-refractivity contribution in [1.82, 2.24) is 19.8 Å². The molecule has 2 aliphatic heterocycles. The zero-order valence-electron chi connectivity index (χ0n) is 26.6. The van der Waals surface area contributed by atoms with E-state index in [2.05, 4.69) is 80.8 Å². The highest BCUT2D eigenvalue weighted by molar-refractivity contribution is 7.64. The highest BCUT2D eigenvalue weighted by Crippen LogP contribution is 2.40. The standard InChI is InChI=1S/C33H45N8O2P/c1-7-31(42)35-26-20-27(37-33-34-22-23(2)32(38-33)36-25-10-8-9-11-30(25)44(5)6)29(43-4)21-28(26)41-14-12-24(13-15-41)40-18-16-39(3)17-19-40/h7-11,20-22,24H,1,12-19H2,2-6H3,(H,35,42)(H2,34,36,37,38). The largest absolute Gasteiger partial charge is 0.494 e. The number of anilines is 6. The number of piperidine rings is 1. The van der Waals surface area contributed by atoms with Crippen LogP contribution in [-0.4, -0.2) is 98.5 Å². The number of amides is 1. The number of ether oxygens (including phenoxy) is 1. The Morgan fingerprint density at radius 1 is 1.02 bits per heavy atom. The SMILES string of the molecule is C=CC(=O)Nc1cc(Nc2ncc(C)c(Nc3ccccc3P(C)C)n2)c(OC)cc1N1CCC(N2CCN(C)CC2)CC1. The third-order valence-corrected chi connectivity index (χ3v) is 9.83. The topological polar surface area (TPSA) is 97.9 Å². The van der Waals surface area contributed by atoms with Gasteiger partial charge in [-0.05, 0) is 63.7 Å². The molecule has 3 heterocycles. The van der Waals surface area contributed by atoms with Crippen LogP contribution in [0.2, 0.25) is 0 Å². The Balaban J connectivity index is 1.38. The second-order valence-electron chi connectivity index (χ2n) is 11.7. The summed E-state index contributed by atoms with van der Waals surface area (Å²) in [6.45, 7) is 16.4. The summed E-state index contributed by atoms with van der Waals surface area (Å²) in [4.78, 5) is 29.3. The van der Waals surface area contributed by atoms with Crippen LogP contribution in [-0.2, 0) is 4.79 Å². The van der Waals surface area contributed by atoms with Crippen LogP contribution in [0.4, 0.5) is 34.5 Å². The van der Waals surface area contributed by atoms with Crippen molar-refractivity contribution in [2.45, 2.75) is 25.8 Å². The van der Waals surface area contributed by atoms with Crippen LogP contribution in [0.5, 0.6) is 5.75 Å². The van der Waals surface area contributed by atoms with Gasteiger partial charge in [-0.2, -0.15) is 4.98 Å². The number of aryl methyl sites for hydroxylation is 1. The zero-order valence-corrected chi connectivity index (χ0v) is 27.5. The minimum Gasteiger partial charge on any atom is -0.494 e. The van der Waals surface area contributed by atoms with Gasteiger partial charge in [-0.3, -0.25) is 9.69 Å². The summed E-state index contributed by atoms with van der Waals surface area (Å²) in [5.41, 5.74) is 4.25. The molecule has 0 bridgehead atoms. The Labute approximate surface area is 262 Å². The van der Waals surface area contributed by atoms with E-state index in [-0.39, 0.29) is 13.8 Å². The van der Waals surface area contributed by atoms with Gasteiger partial charge in [0.25, 0.3) is 0 Å². The molecule has 1 amide bonds. The predicted molar refractivity (Wildman–Crippen MR) is 184 cm³/mol. The summed E-state index contributed by atoms with van der Waals surface area (Å²) in [5.74, 6) is 1.53. The first-order chi connectivity index (χ1) is 21.2. The van der Waals surface area contributed by atoms with Gasteiger partial charge >= 0.3 is 0 Å². The maximum atomic E-state index is 12.5. The molecular formula is C33H45N8O2P. The van der Waals surface area contributed by atoms with E-state index in [1.54, 1.807) is 13.3 Å². The van der Waals surface area contributed by atoms with Crippen molar-refractivity contribution in [3.63, 3.8) is 0 Å². The van der Waals surface area contributed by atoms with Crippen molar-refractivity contribution in [2.75, 3.05) is 87.6 Å². The van der Waals surface area contributed by atoms with Crippen molar-refractivity contribution in [1.29, 1.82) is 0 Å². The van der Waals surface area contributed by atoms with E-state index >= 15 is 0 Å². The highest BCUT2D eigenvalue weighted by Gasteiger charge is 2.28. The molecule has 3 aromatic rings. The minimum atomic E-state index is -0.293. The summed E-state index contributed by atoms with van der Waals surface area (Å²) < 4.78 is 5.85. The molecule has 0 aliphatic carbocycles. The second-order valence-corrected chi connectivity index (χ2v) is 14.0. The molecule has 1 aromatic heterocycles. The quantitative estimate of drug-likeness (QED) is 0.215. The van der Waals surface area contributed by atoms with Crippen LogP contribution in [0.25, 0.3) is 0 Å². The fourth-order valence-electron chi connectivity index (χ4n) is 5.89. The lowest BCUT2D eigenvalue weighted by Crippen LogP contribution is -2.52. The van der Waals surface area contributed by atoms with Gasteiger partial charge in [0, 0.05) is 68.8 Å². The van der Waals surface area contributed by atoms with Crippen molar-refractivity contribution in [3.8, 4) is 5.75 Å². The lowest BCUT2D eigenvalue weighted by Gasteiger charge is -2.43. The number of methoxy groups -OCH3 is 1.